The van der Waals surface area contributed by atoms with Crippen molar-refractivity contribution in [3.8, 4) is 0 Å². The van der Waals surface area contributed by atoms with E-state index < -0.39 is 10.0 Å². The fraction of sp³-hybridized carbons (Fsp3) is 0.500. The first-order valence-electron chi connectivity index (χ1n) is 9.89. The Bertz CT molecular complexity index is 949. The van der Waals surface area contributed by atoms with Crippen LogP contribution in [0.2, 0.25) is 0 Å². The summed E-state index contributed by atoms with van der Waals surface area (Å²) in [5.74, 6) is -0.190. The second-order valence-corrected chi connectivity index (χ2v) is 10.0. The van der Waals surface area contributed by atoms with E-state index >= 15 is 0 Å². The fourth-order valence-electron chi connectivity index (χ4n) is 3.38. The van der Waals surface area contributed by atoms with Gasteiger partial charge in [-0.05, 0) is 49.8 Å². The average Bonchev–Trinajstić information content (AvgIpc) is 3.36. The van der Waals surface area contributed by atoms with E-state index in [1.54, 1.807) is 24.3 Å². The number of amides is 1. The molecular formula is C20H27N3O4S2. The molecule has 3 rings (SSSR count). The number of nitrogens with one attached hydrogen (secondary N) is 1. The minimum atomic E-state index is -3.81. The van der Waals surface area contributed by atoms with Gasteiger partial charge < -0.3 is 9.84 Å². The van der Waals surface area contributed by atoms with Crippen LogP contribution >= 0.6 is 11.3 Å². The summed E-state index contributed by atoms with van der Waals surface area (Å²) in [4.78, 5) is 13.5. The van der Waals surface area contributed by atoms with Crippen molar-refractivity contribution >= 4 is 39.4 Å². The van der Waals surface area contributed by atoms with Crippen LogP contribution in [0, 0.1) is 12.8 Å². The van der Waals surface area contributed by atoms with E-state index in [1.807, 2.05) is 23.6 Å². The minimum absolute atomic E-state index is 0.0711. The number of aryl methyl sites for hydroxylation is 1. The molecule has 2 aromatic heterocycles. The van der Waals surface area contributed by atoms with Gasteiger partial charge in [0.05, 0.1) is 5.92 Å². The van der Waals surface area contributed by atoms with Crippen LogP contribution in [0.15, 0.2) is 26.9 Å². The molecule has 1 aliphatic rings. The number of sulfonamides is 1. The van der Waals surface area contributed by atoms with Gasteiger partial charge in [-0.15, -0.1) is 11.3 Å². The van der Waals surface area contributed by atoms with Gasteiger partial charge in [0, 0.05) is 24.5 Å². The maximum atomic E-state index is 13.3. The van der Waals surface area contributed by atoms with Crippen LogP contribution in [0.5, 0.6) is 0 Å². The number of carbonyl (C=O) groups excluding carboxylic acids is 1. The van der Waals surface area contributed by atoms with Gasteiger partial charge in [-0.3, -0.25) is 4.79 Å². The highest BCUT2D eigenvalue weighted by Gasteiger charge is 2.36. The normalized spacial score (nSPS) is 18.3. The van der Waals surface area contributed by atoms with Gasteiger partial charge in [0.15, 0.2) is 10.7 Å². The van der Waals surface area contributed by atoms with Gasteiger partial charge in [-0.2, -0.15) is 4.31 Å². The van der Waals surface area contributed by atoms with Crippen molar-refractivity contribution in [2.45, 2.75) is 44.4 Å². The molecule has 0 saturated carbocycles. The molecular weight excluding hydrogens is 410 g/mol. The summed E-state index contributed by atoms with van der Waals surface area (Å²) in [7, 11) is -3.81. The Morgan fingerprint density at radius 1 is 1.45 bits per heavy atom. The summed E-state index contributed by atoms with van der Waals surface area (Å²) in [5.41, 5.74) is 0.324. The van der Waals surface area contributed by atoms with Crippen LogP contribution in [0.4, 0.5) is 0 Å². The Morgan fingerprint density at radius 2 is 2.28 bits per heavy atom. The first kappa shape index (κ1) is 21.7. The second-order valence-electron chi connectivity index (χ2n) is 7.16. The molecule has 0 bridgehead atoms. The third-order valence-corrected chi connectivity index (χ3v) is 7.82. The van der Waals surface area contributed by atoms with Crippen LogP contribution < -0.4 is 5.32 Å². The molecule has 3 heterocycles. The van der Waals surface area contributed by atoms with Crippen LogP contribution in [0.25, 0.3) is 12.2 Å². The third-order valence-electron chi connectivity index (χ3n) is 4.96. The van der Waals surface area contributed by atoms with Crippen molar-refractivity contribution in [2.75, 3.05) is 19.6 Å². The Kier molecular flexibility index (Phi) is 7.26. The molecule has 9 heteroatoms. The zero-order valence-electron chi connectivity index (χ0n) is 16.8. The van der Waals surface area contributed by atoms with Crippen molar-refractivity contribution in [1.82, 2.24) is 14.8 Å². The predicted molar refractivity (Wildman–Crippen MR) is 114 cm³/mol. The largest absolute Gasteiger partial charge is 0.356 e. The van der Waals surface area contributed by atoms with Gasteiger partial charge in [0.25, 0.3) is 0 Å². The van der Waals surface area contributed by atoms with Gasteiger partial charge in [-0.25, -0.2) is 8.42 Å². The number of hydrogen-bond donors (Lipinski definition) is 1. The molecule has 0 unspecified atom stereocenters. The number of thiophene rings is 1. The summed E-state index contributed by atoms with van der Waals surface area (Å²) in [5, 5.41) is 8.74. The molecule has 2 aromatic rings. The van der Waals surface area contributed by atoms with Crippen molar-refractivity contribution in [2.24, 2.45) is 5.92 Å². The monoisotopic (exact) mass is 437 g/mol. The molecule has 1 atom stereocenters. The molecule has 1 N–H and O–H groups in total. The number of unbranched alkanes of at least 4 members (excludes halogenated alkanes) is 1. The van der Waals surface area contributed by atoms with Crippen molar-refractivity contribution in [3.63, 3.8) is 0 Å². The third kappa shape index (κ3) is 5.15. The molecule has 1 aliphatic heterocycles. The lowest BCUT2D eigenvalue weighted by atomic mass is 9.99. The fourth-order valence-corrected chi connectivity index (χ4v) is 5.77. The molecule has 1 amide bonds. The smallest absolute Gasteiger partial charge is 0.248 e. The lowest BCUT2D eigenvalue weighted by Gasteiger charge is -2.31. The number of aromatic nitrogens is 1. The van der Waals surface area contributed by atoms with Crippen molar-refractivity contribution < 1.29 is 17.7 Å². The van der Waals surface area contributed by atoms with E-state index in [9.17, 15) is 13.2 Å². The van der Waals surface area contributed by atoms with Crippen molar-refractivity contribution in [3.05, 3.63) is 33.8 Å². The maximum absolute atomic E-state index is 13.3. The molecule has 0 spiro atoms. The quantitative estimate of drug-likeness (QED) is 0.638. The molecule has 0 radical (unpaired) electrons. The number of nitrogens with zero attached hydrogens (tertiary/aromatic N) is 2. The molecule has 1 saturated heterocycles. The lowest BCUT2D eigenvalue weighted by molar-refractivity contribution is -0.126. The van der Waals surface area contributed by atoms with E-state index in [0.29, 0.717) is 31.6 Å². The molecule has 0 aliphatic carbocycles. The lowest BCUT2D eigenvalue weighted by Crippen LogP contribution is -2.45. The van der Waals surface area contributed by atoms with E-state index in [-0.39, 0.29) is 29.0 Å². The van der Waals surface area contributed by atoms with E-state index in [1.165, 1.54) is 4.31 Å². The van der Waals surface area contributed by atoms with Crippen LogP contribution in [0.3, 0.4) is 0 Å². The summed E-state index contributed by atoms with van der Waals surface area (Å²) in [6, 6.07) is 3.86. The molecule has 0 aromatic carbocycles. The number of carbonyl (C=O) groups is 1. The Hall–Kier alpha value is -1.97. The van der Waals surface area contributed by atoms with Gasteiger partial charge in [0.2, 0.25) is 15.9 Å². The van der Waals surface area contributed by atoms with E-state index in [0.717, 1.165) is 17.7 Å². The Labute approximate surface area is 175 Å². The number of piperidine rings is 1. The van der Waals surface area contributed by atoms with Crippen LogP contribution in [-0.4, -0.2) is 43.4 Å². The highest BCUT2D eigenvalue weighted by Crippen LogP contribution is 2.29. The average molecular weight is 438 g/mol. The molecule has 7 nitrogen and oxygen atoms in total. The molecule has 29 heavy (non-hydrogen) atoms. The van der Waals surface area contributed by atoms with Crippen LogP contribution in [0.1, 0.15) is 48.9 Å². The van der Waals surface area contributed by atoms with Crippen LogP contribution in [-0.2, 0) is 14.8 Å². The van der Waals surface area contributed by atoms with Crippen molar-refractivity contribution in [1.29, 1.82) is 0 Å². The Morgan fingerprint density at radius 3 is 3.00 bits per heavy atom. The Balaban J connectivity index is 1.78. The predicted octanol–water partition coefficient (Wildman–Crippen LogP) is 3.53. The standard InChI is InChI=1S/C20H27N3O4S2/c1-3-4-11-21-20(24)16-7-5-12-23(14-16)29(25,26)19-15(2)22-27-18(19)10-9-17-8-6-13-28-17/h6,8-10,13,16H,3-5,7,11-12,14H2,1-2H3,(H,21,24)/b10-9+/t16-/m0/s1. The van der Waals surface area contributed by atoms with Gasteiger partial charge >= 0.3 is 0 Å². The highest BCUT2D eigenvalue weighted by atomic mass is 32.2. The minimum Gasteiger partial charge on any atom is -0.356 e. The van der Waals surface area contributed by atoms with E-state index in [2.05, 4.69) is 17.4 Å². The zero-order chi connectivity index (χ0) is 20.9. The zero-order valence-corrected chi connectivity index (χ0v) is 18.4. The van der Waals surface area contributed by atoms with E-state index in [4.69, 9.17) is 4.52 Å². The summed E-state index contributed by atoms with van der Waals surface area (Å²) >= 11 is 1.55. The highest BCUT2D eigenvalue weighted by molar-refractivity contribution is 7.89. The first-order chi connectivity index (χ1) is 13.9. The SMILES string of the molecule is CCCCNC(=O)[C@H]1CCCN(S(=O)(=O)c2c(C)noc2/C=C/c2cccs2)C1. The van der Waals surface area contributed by atoms with Gasteiger partial charge in [0.1, 0.15) is 5.69 Å². The summed E-state index contributed by atoms with van der Waals surface area (Å²) in [6.07, 6.45) is 6.70. The summed E-state index contributed by atoms with van der Waals surface area (Å²) < 4.78 is 33.4. The topological polar surface area (TPSA) is 92.5 Å². The number of rotatable bonds is 8. The number of hydrogen-bond acceptors (Lipinski definition) is 6. The first-order valence-corrected chi connectivity index (χ1v) is 12.2. The summed E-state index contributed by atoms with van der Waals surface area (Å²) in [6.45, 7) is 4.88. The van der Waals surface area contributed by atoms with Gasteiger partial charge in [-0.1, -0.05) is 24.6 Å². The second kappa shape index (κ2) is 9.69. The molecule has 158 valence electrons. The maximum Gasteiger partial charge on any atom is 0.248 e. The molecule has 1 fully saturated rings.